The Balaban J connectivity index is 2.33. The first-order valence-electron chi connectivity index (χ1n) is 7.73. The molecule has 7 nitrogen and oxygen atoms in total. The molecule has 0 fully saturated rings. The standard InChI is InChI=1S/C16H23BrN4O3/c1-3-4-9-18-16(24)20-15(23)11-21(2)10-14(22)19-13-8-6-5-7-12(13)17/h5-8H,3-4,9-11H2,1-2H3,(H,19,22)(H2,18,20,23,24). The highest BCUT2D eigenvalue weighted by atomic mass is 79.9. The van der Waals surface area contributed by atoms with Crippen LogP contribution in [-0.4, -0.2) is 49.4 Å². The van der Waals surface area contributed by atoms with Gasteiger partial charge in [-0.15, -0.1) is 0 Å². The number of anilines is 1. The summed E-state index contributed by atoms with van der Waals surface area (Å²) in [5.41, 5.74) is 0.663. The number of likely N-dealkylation sites (N-methyl/N-ethyl adjacent to an activating group) is 1. The molecule has 24 heavy (non-hydrogen) atoms. The van der Waals surface area contributed by atoms with Crippen LogP contribution in [0.1, 0.15) is 19.8 Å². The monoisotopic (exact) mass is 398 g/mol. The van der Waals surface area contributed by atoms with Crippen molar-refractivity contribution in [2.24, 2.45) is 0 Å². The maximum absolute atomic E-state index is 12.0. The number of nitrogens with one attached hydrogen (secondary N) is 3. The summed E-state index contributed by atoms with van der Waals surface area (Å²) in [6, 6.07) is 6.75. The summed E-state index contributed by atoms with van der Waals surface area (Å²) in [7, 11) is 1.63. The first-order valence-corrected chi connectivity index (χ1v) is 8.52. The van der Waals surface area contributed by atoms with Crippen molar-refractivity contribution in [2.75, 3.05) is 32.0 Å². The molecule has 1 aromatic carbocycles. The Morgan fingerprint density at radius 2 is 1.79 bits per heavy atom. The lowest BCUT2D eigenvalue weighted by molar-refractivity contribution is -0.122. The summed E-state index contributed by atoms with van der Waals surface area (Å²) in [6.07, 6.45) is 1.82. The maximum atomic E-state index is 12.0. The van der Waals surface area contributed by atoms with Crippen molar-refractivity contribution in [1.82, 2.24) is 15.5 Å². The minimum absolute atomic E-state index is 0.0339. The lowest BCUT2D eigenvalue weighted by Gasteiger charge is -2.16. The van der Waals surface area contributed by atoms with Gasteiger partial charge < -0.3 is 10.6 Å². The Kier molecular flexibility index (Phi) is 9.03. The summed E-state index contributed by atoms with van der Waals surface area (Å²) >= 11 is 3.35. The second-order valence-electron chi connectivity index (χ2n) is 5.36. The van der Waals surface area contributed by atoms with Gasteiger partial charge in [-0.1, -0.05) is 25.5 Å². The van der Waals surface area contributed by atoms with Crippen molar-refractivity contribution in [2.45, 2.75) is 19.8 Å². The van der Waals surface area contributed by atoms with Crippen LogP contribution in [0.25, 0.3) is 0 Å². The maximum Gasteiger partial charge on any atom is 0.321 e. The van der Waals surface area contributed by atoms with Crippen molar-refractivity contribution in [1.29, 1.82) is 0 Å². The second-order valence-corrected chi connectivity index (χ2v) is 6.21. The van der Waals surface area contributed by atoms with Gasteiger partial charge in [0.25, 0.3) is 0 Å². The molecule has 8 heteroatoms. The van der Waals surface area contributed by atoms with Crippen molar-refractivity contribution < 1.29 is 14.4 Å². The van der Waals surface area contributed by atoms with E-state index in [2.05, 4.69) is 31.9 Å². The average molecular weight is 399 g/mol. The zero-order chi connectivity index (χ0) is 17.9. The number of imide groups is 1. The number of halogens is 1. The number of benzene rings is 1. The third-order valence-electron chi connectivity index (χ3n) is 3.04. The highest BCUT2D eigenvalue weighted by Crippen LogP contribution is 2.20. The first kappa shape index (κ1) is 20.1. The third kappa shape index (κ3) is 8.07. The van der Waals surface area contributed by atoms with Crippen LogP contribution in [0.15, 0.2) is 28.7 Å². The molecule has 1 rings (SSSR count). The van der Waals surface area contributed by atoms with Crippen LogP contribution in [0, 0.1) is 0 Å². The molecule has 0 aromatic heterocycles. The number of amides is 4. The Hall–Kier alpha value is -1.93. The van der Waals surface area contributed by atoms with Crippen LogP contribution in [-0.2, 0) is 9.59 Å². The highest BCUT2D eigenvalue weighted by molar-refractivity contribution is 9.10. The quantitative estimate of drug-likeness (QED) is 0.583. The van der Waals surface area contributed by atoms with Crippen molar-refractivity contribution >= 4 is 39.5 Å². The second kappa shape index (κ2) is 10.8. The molecular weight excluding hydrogens is 376 g/mol. The van der Waals surface area contributed by atoms with Gasteiger partial charge in [-0.05, 0) is 41.5 Å². The van der Waals surface area contributed by atoms with E-state index in [0.29, 0.717) is 12.2 Å². The predicted octanol–water partition coefficient (Wildman–Crippen LogP) is 1.95. The topological polar surface area (TPSA) is 90.5 Å². The molecule has 0 bridgehead atoms. The van der Waals surface area contributed by atoms with Gasteiger partial charge in [0.05, 0.1) is 18.8 Å². The number of para-hydroxylation sites is 1. The van der Waals surface area contributed by atoms with Gasteiger partial charge in [-0.2, -0.15) is 0 Å². The molecular formula is C16H23BrN4O3. The Morgan fingerprint density at radius 1 is 1.12 bits per heavy atom. The van der Waals surface area contributed by atoms with Crippen LogP contribution in [0.2, 0.25) is 0 Å². The fraction of sp³-hybridized carbons (Fsp3) is 0.438. The zero-order valence-corrected chi connectivity index (χ0v) is 15.5. The molecule has 0 unspecified atom stereocenters. The molecule has 1 aromatic rings. The lowest BCUT2D eigenvalue weighted by Crippen LogP contribution is -2.45. The fourth-order valence-electron chi connectivity index (χ4n) is 1.89. The first-order chi connectivity index (χ1) is 11.4. The van der Waals surface area contributed by atoms with Crippen molar-refractivity contribution in [3.8, 4) is 0 Å². The molecule has 0 aliphatic rings. The third-order valence-corrected chi connectivity index (χ3v) is 3.74. The van der Waals surface area contributed by atoms with E-state index in [1.165, 1.54) is 4.90 Å². The Bertz CT molecular complexity index is 580. The molecule has 0 radical (unpaired) electrons. The van der Waals surface area contributed by atoms with E-state index in [-0.39, 0.29) is 19.0 Å². The molecule has 0 atom stereocenters. The van der Waals surface area contributed by atoms with Crippen LogP contribution in [0.3, 0.4) is 0 Å². The van der Waals surface area contributed by atoms with Gasteiger partial charge in [-0.25, -0.2) is 4.79 Å². The van der Waals surface area contributed by atoms with Gasteiger partial charge in [0.15, 0.2) is 0 Å². The largest absolute Gasteiger partial charge is 0.338 e. The summed E-state index contributed by atoms with van der Waals surface area (Å²) in [4.78, 5) is 36.7. The lowest BCUT2D eigenvalue weighted by atomic mass is 10.3. The van der Waals surface area contributed by atoms with Gasteiger partial charge in [0.2, 0.25) is 11.8 Å². The molecule has 0 saturated carbocycles. The number of hydrogen-bond donors (Lipinski definition) is 3. The van der Waals surface area contributed by atoms with E-state index in [0.717, 1.165) is 17.3 Å². The van der Waals surface area contributed by atoms with Crippen LogP contribution in [0.4, 0.5) is 10.5 Å². The van der Waals surface area contributed by atoms with E-state index in [1.807, 2.05) is 25.1 Å². The molecule has 132 valence electrons. The minimum atomic E-state index is -0.514. The molecule has 0 aliphatic carbocycles. The van der Waals surface area contributed by atoms with Gasteiger partial charge in [0.1, 0.15) is 0 Å². The van der Waals surface area contributed by atoms with Gasteiger partial charge in [-0.3, -0.25) is 19.8 Å². The SMILES string of the molecule is CCCCNC(=O)NC(=O)CN(C)CC(=O)Nc1ccccc1Br. The Morgan fingerprint density at radius 3 is 2.46 bits per heavy atom. The molecule has 0 heterocycles. The number of nitrogens with zero attached hydrogens (tertiary/aromatic N) is 1. The average Bonchev–Trinajstić information content (AvgIpc) is 2.49. The number of unbranched alkanes of at least 4 members (excludes halogenated alkanes) is 1. The summed E-state index contributed by atoms with van der Waals surface area (Å²) in [5, 5.41) is 7.58. The van der Waals surface area contributed by atoms with E-state index >= 15 is 0 Å². The number of rotatable bonds is 8. The summed E-state index contributed by atoms with van der Waals surface area (Å²) in [5.74, 6) is -0.704. The van der Waals surface area contributed by atoms with Gasteiger partial charge >= 0.3 is 6.03 Å². The fourth-order valence-corrected chi connectivity index (χ4v) is 2.27. The number of urea groups is 1. The van der Waals surface area contributed by atoms with E-state index in [1.54, 1.807) is 13.1 Å². The van der Waals surface area contributed by atoms with Crippen molar-refractivity contribution in [3.63, 3.8) is 0 Å². The van der Waals surface area contributed by atoms with Crippen LogP contribution < -0.4 is 16.0 Å². The zero-order valence-electron chi connectivity index (χ0n) is 13.9. The summed E-state index contributed by atoms with van der Waals surface area (Å²) < 4.78 is 0.780. The molecule has 0 aliphatic heterocycles. The minimum Gasteiger partial charge on any atom is -0.338 e. The predicted molar refractivity (Wildman–Crippen MR) is 96.7 cm³/mol. The molecule has 3 N–H and O–H groups in total. The number of carbonyl (C=O) groups is 3. The summed E-state index contributed by atoms with van der Waals surface area (Å²) in [6.45, 7) is 2.52. The van der Waals surface area contributed by atoms with E-state index in [4.69, 9.17) is 0 Å². The highest BCUT2D eigenvalue weighted by Gasteiger charge is 2.13. The molecule has 4 amide bonds. The Labute approximate surface area is 150 Å². The van der Waals surface area contributed by atoms with E-state index < -0.39 is 11.9 Å². The number of carbonyl (C=O) groups excluding carboxylic acids is 3. The van der Waals surface area contributed by atoms with Crippen LogP contribution >= 0.6 is 15.9 Å². The number of hydrogen-bond acceptors (Lipinski definition) is 4. The van der Waals surface area contributed by atoms with Gasteiger partial charge in [0, 0.05) is 11.0 Å². The smallest absolute Gasteiger partial charge is 0.321 e. The normalized spacial score (nSPS) is 10.3. The van der Waals surface area contributed by atoms with Crippen LogP contribution in [0.5, 0.6) is 0 Å². The molecule has 0 spiro atoms. The van der Waals surface area contributed by atoms with E-state index in [9.17, 15) is 14.4 Å². The van der Waals surface area contributed by atoms with Crippen molar-refractivity contribution in [3.05, 3.63) is 28.7 Å². The molecule has 0 saturated heterocycles.